The predicted molar refractivity (Wildman–Crippen MR) is 49.6 cm³/mol. The molecule has 1 atom stereocenters. The Morgan fingerprint density at radius 2 is 2.08 bits per heavy atom. The Morgan fingerprint density at radius 3 is 2.69 bits per heavy atom. The van der Waals surface area contributed by atoms with E-state index >= 15 is 0 Å². The first kappa shape index (κ1) is 9.00. The first-order chi connectivity index (χ1) is 6.27. The van der Waals surface area contributed by atoms with Crippen molar-refractivity contribution in [2.45, 2.75) is 38.1 Å². The molecule has 0 amide bonds. The lowest BCUT2D eigenvalue weighted by Crippen LogP contribution is -2.45. The van der Waals surface area contributed by atoms with Gasteiger partial charge >= 0.3 is 5.97 Å². The SMILES string of the molecule is O=C(O)C1CCCCN1CC1CC1. The minimum absolute atomic E-state index is 0.186. The van der Waals surface area contributed by atoms with E-state index in [2.05, 4.69) is 4.90 Å². The van der Waals surface area contributed by atoms with Crippen molar-refractivity contribution in [1.29, 1.82) is 0 Å². The summed E-state index contributed by atoms with van der Waals surface area (Å²) in [5, 5.41) is 9.00. The zero-order chi connectivity index (χ0) is 9.26. The van der Waals surface area contributed by atoms with Gasteiger partial charge in [-0.3, -0.25) is 9.69 Å². The van der Waals surface area contributed by atoms with Crippen molar-refractivity contribution in [2.24, 2.45) is 5.92 Å². The molecule has 1 aliphatic heterocycles. The van der Waals surface area contributed by atoms with E-state index in [0.29, 0.717) is 0 Å². The van der Waals surface area contributed by atoms with Gasteiger partial charge in [-0.15, -0.1) is 0 Å². The van der Waals surface area contributed by atoms with Crippen LogP contribution in [0.2, 0.25) is 0 Å². The lowest BCUT2D eigenvalue weighted by Gasteiger charge is -2.32. The van der Waals surface area contributed by atoms with Crippen LogP contribution in [0.4, 0.5) is 0 Å². The zero-order valence-electron chi connectivity index (χ0n) is 7.91. The molecule has 13 heavy (non-hydrogen) atoms. The fourth-order valence-corrected chi connectivity index (χ4v) is 2.12. The molecule has 2 fully saturated rings. The number of likely N-dealkylation sites (tertiary alicyclic amines) is 1. The van der Waals surface area contributed by atoms with Crippen molar-refractivity contribution in [3.63, 3.8) is 0 Å². The van der Waals surface area contributed by atoms with Crippen LogP contribution in [-0.4, -0.2) is 35.1 Å². The van der Waals surface area contributed by atoms with E-state index in [1.54, 1.807) is 0 Å². The van der Waals surface area contributed by atoms with Gasteiger partial charge in [-0.25, -0.2) is 0 Å². The zero-order valence-corrected chi connectivity index (χ0v) is 7.91. The summed E-state index contributed by atoms with van der Waals surface area (Å²) in [5.74, 6) is 0.181. The second-order valence-electron chi connectivity index (χ2n) is 4.29. The topological polar surface area (TPSA) is 40.5 Å². The largest absolute Gasteiger partial charge is 0.480 e. The summed E-state index contributed by atoms with van der Waals surface area (Å²) in [6, 6.07) is -0.186. The molecule has 1 saturated heterocycles. The number of hydrogen-bond donors (Lipinski definition) is 1. The van der Waals surface area contributed by atoms with Gasteiger partial charge in [-0.2, -0.15) is 0 Å². The molecule has 1 unspecified atom stereocenters. The van der Waals surface area contributed by atoms with Crippen LogP contribution in [0.3, 0.4) is 0 Å². The van der Waals surface area contributed by atoms with Crippen molar-refractivity contribution in [2.75, 3.05) is 13.1 Å². The maximum atomic E-state index is 10.9. The molecule has 0 aromatic heterocycles. The standard InChI is InChI=1S/C10H17NO2/c12-10(13)9-3-1-2-6-11(9)7-8-4-5-8/h8-9H,1-7H2,(H,12,13). The Labute approximate surface area is 78.7 Å². The Morgan fingerprint density at radius 1 is 1.31 bits per heavy atom. The van der Waals surface area contributed by atoms with Crippen LogP contribution in [0.15, 0.2) is 0 Å². The summed E-state index contributed by atoms with van der Waals surface area (Å²) >= 11 is 0. The number of piperidine rings is 1. The summed E-state index contributed by atoms with van der Waals surface area (Å²) in [5.41, 5.74) is 0. The first-order valence-corrected chi connectivity index (χ1v) is 5.24. The maximum Gasteiger partial charge on any atom is 0.320 e. The molecule has 74 valence electrons. The Bertz CT molecular complexity index is 201. The highest BCUT2D eigenvalue weighted by atomic mass is 16.4. The highest BCUT2D eigenvalue weighted by Gasteiger charge is 2.32. The summed E-state index contributed by atoms with van der Waals surface area (Å²) < 4.78 is 0. The summed E-state index contributed by atoms with van der Waals surface area (Å²) in [6.45, 7) is 2.02. The van der Waals surface area contributed by atoms with Crippen LogP contribution in [0.25, 0.3) is 0 Å². The van der Waals surface area contributed by atoms with E-state index < -0.39 is 5.97 Å². The van der Waals surface area contributed by atoms with Crippen LogP contribution in [0, 0.1) is 5.92 Å². The Balaban J connectivity index is 1.90. The van der Waals surface area contributed by atoms with Crippen LogP contribution < -0.4 is 0 Å². The summed E-state index contributed by atoms with van der Waals surface area (Å²) in [6.07, 6.45) is 5.72. The smallest absolute Gasteiger partial charge is 0.320 e. The van der Waals surface area contributed by atoms with Crippen molar-refractivity contribution in [1.82, 2.24) is 4.90 Å². The molecule has 0 aromatic rings. The Kier molecular flexibility index (Phi) is 2.54. The summed E-state index contributed by atoms with van der Waals surface area (Å²) in [7, 11) is 0. The van der Waals surface area contributed by atoms with Gasteiger partial charge in [0.25, 0.3) is 0 Å². The second-order valence-corrected chi connectivity index (χ2v) is 4.29. The van der Waals surface area contributed by atoms with Gasteiger partial charge < -0.3 is 5.11 Å². The third-order valence-corrected chi connectivity index (χ3v) is 3.09. The minimum atomic E-state index is -0.625. The lowest BCUT2D eigenvalue weighted by molar-refractivity contribution is -0.144. The third-order valence-electron chi connectivity index (χ3n) is 3.09. The molecule has 1 aliphatic carbocycles. The van der Waals surface area contributed by atoms with Crippen molar-refractivity contribution in [3.05, 3.63) is 0 Å². The summed E-state index contributed by atoms with van der Waals surface area (Å²) in [4.78, 5) is 13.1. The minimum Gasteiger partial charge on any atom is -0.480 e. The monoisotopic (exact) mass is 183 g/mol. The molecule has 2 aliphatic rings. The highest BCUT2D eigenvalue weighted by Crippen LogP contribution is 2.31. The maximum absolute atomic E-state index is 10.9. The molecule has 0 spiro atoms. The fraction of sp³-hybridized carbons (Fsp3) is 0.900. The van der Waals surface area contributed by atoms with Crippen molar-refractivity contribution < 1.29 is 9.90 Å². The Hall–Kier alpha value is -0.570. The van der Waals surface area contributed by atoms with E-state index in [1.165, 1.54) is 19.3 Å². The van der Waals surface area contributed by atoms with Gasteiger partial charge in [0, 0.05) is 6.54 Å². The normalized spacial score (nSPS) is 30.3. The quantitative estimate of drug-likeness (QED) is 0.717. The van der Waals surface area contributed by atoms with Crippen LogP contribution in [0.1, 0.15) is 32.1 Å². The van der Waals surface area contributed by atoms with Gasteiger partial charge in [0.2, 0.25) is 0 Å². The number of carbonyl (C=O) groups is 1. The number of rotatable bonds is 3. The second kappa shape index (κ2) is 3.66. The molecule has 0 aromatic carbocycles. The average molecular weight is 183 g/mol. The van der Waals surface area contributed by atoms with E-state index in [4.69, 9.17) is 5.11 Å². The van der Waals surface area contributed by atoms with E-state index in [0.717, 1.165) is 31.8 Å². The number of carboxylic acid groups (broad SMARTS) is 1. The van der Waals surface area contributed by atoms with Crippen molar-refractivity contribution >= 4 is 5.97 Å². The molecule has 0 radical (unpaired) electrons. The molecular formula is C10H17NO2. The predicted octanol–water partition coefficient (Wildman–Crippen LogP) is 1.34. The van der Waals surface area contributed by atoms with Gasteiger partial charge in [0.05, 0.1) is 0 Å². The molecule has 1 N–H and O–H groups in total. The van der Waals surface area contributed by atoms with E-state index in [9.17, 15) is 4.79 Å². The van der Waals surface area contributed by atoms with E-state index in [-0.39, 0.29) is 6.04 Å². The molecule has 3 heteroatoms. The highest BCUT2D eigenvalue weighted by molar-refractivity contribution is 5.73. The molecule has 3 nitrogen and oxygen atoms in total. The van der Waals surface area contributed by atoms with Gasteiger partial charge in [0.1, 0.15) is 6.04 Å². The fourth-order valence-electron chi connectivity index (χ4n) is 2.12. The van der Waals surface area contributed by atoms with Crippen LogP contribution in [0.5, 0.6) is 0 Å². The van der Waals surface area contributed by atoms with Crippen LogP contribution in [-0.2, 0) is 4.79 Å². The molecule has 0 bridgehead atoms. The number of aliphatic carboxylic acids is 1. The van der Waals surface area contributed by atoms with Gasteiger partial charge in [-0.1, -0.05) is 6.42 Å². The molecule has 1 heterocycles. The average Bonchev–Trinajstić information content (AvgIpc) is 2.89. The van der Waals surface area contributed by atoms with Gasteiger partial charge in [0.15, 0.2) is 0 Å². The number of carboxylic acids is 1. The third kappa shape index (κ3) is 2.21. The van der Waals surface area contributed by atoms with Crippen molar-refractivity contribution in [3.8, 4) is 0 Å². The molecule has 2 rings (SSSR count). The first-order valence-electron chi connectivity index (χ1n) is 5.24. The molecular weight excluding hydrogens is 166 g/mol. The van der Waals surface area contributed by atoms with Crippen LogP contribution >= 0.6 is 0 Å². The molecule has 1 saturated carbocycles. The number of nitrogens with zero attached hydrogens (tertiary/aromatic N) is 1. The van der Waals surface area contributed by atoms with E-state index in [1.807, 2.05) is 0 Å². The van der Waals surface area contributed by atoms with Gasteiger partial charge in [-0.05, 0) is 38.1 Å². The number of hydrogen-bond acceptors (Lipinski definition) is 2. The lowest BCUT2D eigenvalue weighted by atomic mass is 10.0.